The summed E-state index contributed by atoms with van der Waals surface area (Å²) >= 11 is 0. The first kappa shape index (κ1) is 19.3. The van der Waals surface area contributed by atoms with Gasteiger partial charge < -0.3 is 20.7 Å². The largest absolute Gasteiger partial charge is 0.393 e. The minimum Gasteiger partial charge on any atom is -0.393 e. The Hall–Kier alpha value is -2.02. The zero-order valence-corrected chi connectivity index (χ0v) is 14.3. The molecule has 2 heterocycles. The maximum atomic E-state index is 12.9. The van der Waals surface area contributed by atoms with Gasteiger partial charge in [-0.05, 0) is 44.0 Å². The molecule has 0 amide bonds. The molecule has 2 aromatic rings. The molecule has 1 aliphatic heterocycles. The van der Waals surface area contributed by atoms with Crippen molar-refractivity contribution < 1.29 is 9.50 Å². The van der Waals surface area contributed by atoms with Crippen molar-refractivity contribution in [1.29, 1.82) is 0 Å². The van der Waals surface area contributed by atoms with Crippen molar-refractivity contribution >= 4 is 0 Å². The minimum absolute atomic E-state index is 0.0517. The van der Waals surface area contributed by atoms with E-state index in [2.05, 4.69) is 9.88 Å². The number of hydrogen-bond acceptors (Lipinski definition) is 4. The van der Waals surface area contributed by atoms with E-state index >= 15 is 0 Å². The van der Waals surface area contributed by atoms with Crippen LogP contribution in [0.1, 0.15) is 19.3 Å². The first-order valence-corrected chi connectivity index (χ1v) is 8.64. The maximum Gasteiger partial charge on any atom is 0.283 e. The van der Waals surface area contributed by atoms with Gasteiger partial charge in [-0.1, -0.05) is 30.3 Å². The van der Waals surface area contributed by atoms with Crippen molar-refractivity contribution in [3.63, 3.8) is 0 Å². The molecule has 0 radical (unpaired) electrons. The number of aliphatic hydroxyl groups is 1. The molecule has 1 saturated heterocycles. The highest BCUT2D eigenvalue weighted by molar-refractivity contribution is 5.61. The van der Waals surface area contributed by atoms with Gasteiger partial charge >= 0.3 is 0 Å². The van der Waals surface area contributed by atoms with Crippen molar-refractivity contribution in [3.05, 3.63) is 58.8 Å². The number of piperidine rings is 1. The maximum absolute atomic E-state index is 12.9. The summed E-state index contributed by atoms with van der Waals surface area (Å²) in [5, 5.41) is 9.20. The lowest BCUT2D eigenvalue weighted by Gasteiger charge is -2.29. The summed E-state index contributed by atoms with van der Waals surface area (Å²) in [6.45, 7) is 3.96. The minimum atomic E-state index is -0.758. The fourth-order valence-electron chi connectivity index (χ4n) is 2.71. The number of pyridine rings is 1. The predicted molar refractivity (Wildman–Crippen MR) is 97.8 cm³/mol. The molecule has 1 aliphatic rings. The molecule has 4 N–H and O–H groups in total. The molecule has 1 fully saturated rings. The van der Waals surface area contributed by atoms with Crippen LogP contribution in [0.5, 0.6) is 0 Å². The molecule has 6 heteroatoms. The van der Waals surface area contributed by atoms with Crippen LogP contribution >= 0.6 is 0 Å². The normalized spacial score (nSPS) is 15.5. The molecule has 0 spiro atoms. The number of halogens is 1. The Labute approximate surface area is 147 Å². The van der Waals surface area contributed by atoms with E-state index in [0.29, 0.717) is 5.56 Å². The van der Waals surface area contributed by atoms with Crippen molar-refractivity contribution in [2.45, 2.75) is 25.4 Å². The quantitative estimate of drug-likeness (QED) is 0.790. The fourth-order valence-corrected chi connectivity index (χ4v) is 2.71. The Kier molecular flexibility index (Phi) is 7.78. The summed E-state index contributed by atoms with van der Waals surface area (Å²) in [4.78, 5) is 15.5. The second kappa shape index (κ2) is 10.1. The molecule has 1 aromatic heterocycles. The van der Waals surface area contributed by atoms with Crippen LogP contribution in [0.25, 0.3) is 11.1 Å². The number of aliphatic hydroxyl groups excluding tert-OH is 1. The highest BCUT2D eigenvalue weighted by atomic mass is 19.1. The molecule has 0 saturated carbocycles. The molecule has 0 unspecified atom stereocenters. The first-order valence-electron chi connectivity index (χ1n) is 8.64. The van der Waals surface area contributed by atoms with E-state index in [-0.39, 0.29) is 6.10 Å². The van der Waals surface area contributed by atoms with Crippen molar-refractivity contribution in [1.82, 2.24) is 9.88 Å². The molecule has 0 atom stereocenters. The van der Waals surface area contributed by atoms with Crippen molar-refractivity contribution in [2.24, 2.45) is 5.73 Å². The number of aromatic amines is 1. The highest BCUT2D eigenvalue weighted by Crippen LogP contribution is 2.16. The van der Waals surface area contributed by atoms with E-state index in [1.807, 2.05) is 30.3 Å². The molecular formula is C19H26FN3O2. The summed E-state index contributed by atoms with van der Waals surface area (Å²) in [6.07, 6.45) is 4.40. The van der Waals surface area contributed by atoms with Gasteiger partial charge in [0.1, 0.15) is 0 Å². The lowest BCUT2D eigenvalue weighted by Crippen LogP contribution is -2.36. The zero-order chi connectivity index (χ0) is 18.1. The van der Waals surface area contributed by atoms with E-state index in [1.165, 1.54) is 12.3 Å². The summed E-state index contributed by atoms with van der Waals surface area (Å²) < 4.78 is 12.9. The number of aromatic nitrogens is 1. The van der Waals surface area contributed by atoms with Gasteiger partial charge in [-0.25, -0.2) is 4.39 Å². The molecule has 5 nitrogen and oxygen atoms in total. The predicted octanol–water partition coefficient (Wildman–Crippen LogP) is 1.97. The topological polar surface area (TPSA) is 82.3 Å². The summed E-state index contributed by atoms with van der Waals surface area (Å²) in [5.74, 6) is -0.758. The van der Waals surface area contributed by atoms with Gasteiger partial charge in [0.25, 0.3) is 5.56 Å². The zero-order valence-electron chi connectivity index (χ0n) is 14.3. The summed E-state index contributed by atoms with van der Waals surface area (Å²) in [7, 11) is 0. The van der Waals surface area contributed by atoms with Gasteiger partial charge in [0.05, 0.1) is 6.10 Å². The summed E-state index contributed by atoms with van der Waals surface area (Å²) in [6, 6.07) is 10.5. The number of nitrogens with two attached hydrogens (primary N) is 1. The fraction of sp³-hybridized carbons (Fsp3) is 0.421. The third kappa shape index (κ3) is 6.42. The standard InChI is InChI=1S/C11H8FNO.C8H18N2O/c12-10-6-9(7-13-11(10)14)8-4-2-1-3-5-8;9-4-1-5-10-6-2-8(11)3-7-10/h1-7H,(H,13,14);8,11H,1-7,9H2. The van der Waals surface area contributed by atoms with E-state index in [1.54, 1.807) is 0 Å². The van der Waals surface area contributed by atoms with Crippen LogP contribution in [0.15, 0.2) is 47.4 Å². The van der Waals surface area contributed by atoms with E-state index < -0.39 is 11.4 Å². The lowest BCUT2D eigenvalue weighted by atomic mass is 10.1. The SMILES string of the molecule is NCCCN1CCC(O)CC1.O=c1[nH]cc(-c2ccccc2)cc1F. The van der Waals surface area contributed by atoms with Gasteiger partial charge in [-0.2, -0.15) is 0 Å². The van der Waals surface area contributed by atoms with Crippen LogP contribution in [0.2, 0.25) is 0 Å². The number of nitrogens with one attached hydrogen (secondary N) is 1. The van der Waals surface area contributed by atoms with Gasteiger partial charge in [0.15, 0.2) is 5.82 Å². The van der Waals surface area contributed by atoms with Crippen LogP contribution in [0.3, 0.4) is 0 Å². The van der Waals surface area contributed by atoms with Crippen LogP contribution < -0.4 is 11.3 Å². The second-order valence-electron chi connectivity index (χ2n) is 6.15. The average molecular weight is 347 g/mol. The molecule has 0 aliphatic carbocycles. The Morgan fingerprint density at radius 1 is 1.20 bits per heavy atom. The monoisotopic (exact) mass is 347 g/mol. The Bertz CT molecular complexity index is 680. The number of H-pyrrole nitrogens is 1. The van der Waals surface area contributed by atoms with E-state index in [4.69, 9.17) is 5.73 Å². The molecule has 0 bridgehead atoms. The van der Waals surface area contributed by atoms with Crippen molar-refractivity contribution in [2.75, 3.05) is 26.2 Å². The van der Waals surface area contributed by atoms with E-state index in [0.717, 1.165) is 51.0 Å². The number of benzene rings is 1. The number of likely N-dealkylation sites (tertiary alicyclic amines) is 1. The lowest BCUT2D eigenvalue weighted by molar-refractivity contribution is 0.0824. The Balaban J connectivity index is 0.000000186. The van der Waals surface area contributed by atoms with Gasteiger partial charge in [-0.3, -0.25) is 4.79 Å². The van der Waals surface area contributed by atoms with Crippen LogP contribution in [-0.4, -0.2) is 47.3 Å². The summed E-state index contributed by atoms with van der Waals surface area (Å²) in [5.41, 5.74) is 6.25. The van der Waals surface area contributed by atoms with Crippen molar-refractivity contribution in [3.8, 4) is 11.1 Å². The van der Waals surface area contributed by atoms with Crippen LogP contribution in [0, 0.1) is 5.82 Å². The second-order valence-corrected chi connectivity index (χ2v) is 6.15. The van der Waals surface area contributed by atoms with Gasteiger partial charge in [-0.15, -0.1) is 0 Å². The number of hydrogen-bond donors (Lipinski definition) is 3. The first-order chi connectivity index (χ1) is 12.1. The number of rotatable bonds is 4. The molecule has 1 aromatic carbocycles. The third-order valence-corrected chi connectivity index (χ3v) is 4.20. The molecule has 136 valence electrons. The Morgan fingerprint density at radius 3 is 2.48 bits per heavy atom. The molecule has 25 heavy (non-hydrogen) atoms. The van der Waals surface area contributed by atoms with Gasteiger partial charge in [0.2, 0.25) is 0 Å². The molecular weight excluding hydrogens is 321 g/mol. The highest BCUT2D eigenvalue weighted by Gasteiger charge is 2.15. The smallest absolute Gasteiger partial charge is 0.283 e. The molecule has 3 rings (SSSR count). The third-order valence-electron chi connectivity index (χ3n) is 4.20. The van der Waals surface area contributed by atoms with Crippen LogP contribution in [-0.2, 0) is 0 Å². The van der Waals surface area contributed by atoms with E-state index in [9.17, 15) is 14.3 Å². The van der Waals surface area contributed by atoms with Crippen LogP contribution in [0.4, 0.5) is 4.39 Å². The Morgan fingerprint density at radius 2 is 1.88 bits per heavy atom. The van der Waals surface area contributed by atoms with Gasteiger partial charge in [0, 0.05) is 24.8 Å². The average Bonchev–Trinajstić information content (AvgIpc) is 2.65. The number of nitrogens with zero attached hydrogens (tertiary/aromatic N) is 1.